The summed E-state index contributed by atoms with van der Waals surface area (Å²) < 4.78 is 0. The van der Waals surface area contributed by atoms with Gasteiger partial charge in [-0.1, -0.05) is 27.7 Å². The van der Waals surface area contributed by atoms with Gasteiger partial charge in [0.1, 0.15) is 0 Å². The predicted octanol–water partition coefficient (Wildman–Crippen LogP) is 3.18. The van der Waals surface area contributed by atoms with Gasteiger partial charge in [-0.25, -0.2) is 0 Å². The second-order valence-electron chi connectivity index (χ2n) is 0.966. The molecule has 52 valence electrons. The Hall–Kier alpha value is 0.350. The molecule has 0 atom stereocenters. The molecular formula is C7H18S. The van der Waals surface area contributed by atoms with Crippen LogP contribution in [-0.2, 0) is 0 Å². The molecule has 0 nitrogen and oxygen atoms in total. The molecular weight excluding hydrogens is 116 g/mol. The van der Waals surface area contributed by atoms with Crippen LogP contribution >= 0.6 is 11.8 Å². The van der Waals surface area contributed by atoms with Crippen molar-refractivity contribution in [2.24, 2.45) is 0 Å². The van der Waals surface area contributed by atoms with Crippen molar-refractivity contribution < 1.29 is 0 Å². The lowest BCUT2D eigenvalue weighted by Crippen LogP contribution is -1.94. The van der Waals surface area contributed by atoms with Crippen LogP contribution in [0.15, 0.2) is 0 Å². The lowest BCUT2D eigenvalue weighted by atomic mass is 10.6. The van der Waals surface area contributed by atoms with Crippen molar-refractivity contribution in [3.63, 3.8) is 0 Å². The Morgan fingerprint density at radius 1 is 0.875 bits per heavy atom. The van der Waals surface area contributed by atoms with E-state index >= 15 is 0 Å². The molecule has 0 aromatic rings. The summed E-state index contributed by atoms with van der Waals surface area (Å²) in [6, 6.07) is 0. The predicted molar refractivity (Wildman–Crippen MR) is 44.6 cm³/mol. The van der Waals surface area contributed by atoms with Gasteiger partial charge in [0, 0.05) is 0 Å². The first-order valence-electron chi connectivity index (χ1n) is 3.58. The Balaban J connectivity index is 0. The van der Waals surface area contributed by atoms with Crippen LogP contribution in [0.3, 0.4) is 0 Å². The minimum absolute atomic E-state index is 1.42. The summed E-state index contributed by atoms with van der Waals surface area (Å²) in [4.78, 5) is 0. The van der Waals surface area contributed by atoms with Gasteiger partial charge in [0.25, 0.3) is 0 Å². The van der Waals surface area contributed by atoms with Crippen molar-refractivity contribution in [1.82, 2.24) is 0 Å². The molecule has 0 radical (unpaired) electrons. The molecule has 1 aliphatic heterocycles. The van der Waals surface area contributed by atoms with Crippen molar-refractivity contribution in [1.29, 1.82) is 0 Å². The minimum Gasteiger partial charge on any atom is -0.162 e. The average molecular weight is 134 g/mol. The summed E-state index contributed by atoms with van der Waals surface area (Å²) in [5, 5.41) is 0. The molecule has 0 aromatic heterocycles. The highest BCUT2D eigenvalue weighted by molar-refractivity contribution is 8.00. The SMILES string of the molecule is C1CSC1.CC.CC. The van der Waals surface area contributed by atoms with Crippen molar-refractivity contribution in [3.05, 3.63) is 0 Å². The first-order valence-corrected chi connectivity index (χ1v) is 4.73. The molecule has 1 rings (SSSR count). The number of hydrogen-bond acceptors (Lipinski definition) is 1. The molecule has 0 aliphatic carbocycles. The third-order valence-electron chi connectivity index (χ3n) is 0.577. The molecule has 0 aromatic carbocycles. The maximum Gasteiger partial charge on any atom is -0.00597 e. The van der Waals surface area contributed by atoms with E-state index in [4.69, 9.17) is 0 Å². The van der Waals surface area contributed by atoms with Gasteiger partial charge in [-0.3, -0.25) is 0 Å². The van der Waals surface area contributed by atoms with Crippen LogP contribution in [0.1, 0.15) is 34.1 Å². The van der Waals surface area contributed by atoms with E-state index in [1.165, 1.54) is 17.9 Å². The van der Waals surface area contributed by atoms with Crippen LogP contribution in [0.4, 0.5) is 0 Å². The van der Waals surface area contributed by atoms with Gasteiger partial charge in [-0.15, -0.1) is 0 Å². The summed E-state index contributed by atoms with van der Waals surface area (Å²) >= 11 is 2.04. The van der Waals surface area contributed by atoms with E-state index in [0.29, 0.717) is 0 Å². The zero-order valence-corrected chi connectivity index (χ0v) is 7.35. The smallest absolute Gasteiger partial charge is 0.00597 e. The quantitative estimate of drug-likeness (QED) is 0.490. The van der Waals surface area contributed by atoms with Crippen LogP contribution in [0.5, 0.6) is 0 Å². The first-order chi connectivity index (χ1) is 4.00. The molecule has 1 saturated heterocycles. The van der Waals surface area contributed by atoms with Crippen LogP contribution < -0.4 is 0 Å². The van der Waals surface area contributed by atoms with E-state index in [1.54, 1.807) is 0 Å². The van der Waals surface area contributed by atoms with E-state index in [0.717, 1.165) is 0 Å². The maximum atomic E-state index is 2.04. The molecule has 1 aliphatic rings. The largest absolute Gasteiger partial charge is 0.162 e. The lowest BCUT2D eigenvalue weighted by Gasteiger charge is -2.05. The van der Waals surface area contributed by atoms with Crippen molar-refractivity contribution in [2.45, 2.75) is 34.1 Å². The molecule has 0 amide bonds. The van der Waals surface area contributed by atoms with Crippen LogP contribution in [0.2, 0.25) is 0 Å². The molecule has 1 heterocycles. The molecule has 1 heteroatoms. The topological polar surface area (TPSA) is 0 Å². The fourth-order valence-electron chi connectivity index (χ4n) is 0.144. The Labute approximate surface area is 58.1 Å². The summed E-state index contributed by atoms with van der Waals surface area (Å²) in [6.45, 7) is 8.00. The van der Waals surface area contributed by atoms with Gasteiger partial charge in [0.15, 0.2) is 0 Å². The van der Waals surface area contributed by atoms with Crippen LogP contribution in [-0.4, -0.2) is 11.5 Å². The van der Waals surface area contributed by atoms with E-state index in [-0.39, 0.29) is 0 Å². The van der Waals surface area contributed by atoms with Gasteiger partial charge >= 0.3 is 0 Å². The molecule has 0 bridgehead atoms. The molecule has 0 spiro atoms. The first kappa shape index (κ1) is 11.2. The third kappa shape index (κ3) is 9.61. The average Bonchev–Trinajstić information content (AvgIpc) is 1.72. The number of rotatable bonds is 0. The van der Waals surface area contributed by atoms with Crippen molar-refractivity contribution in [2.75, 3.05) is 11.5 Å². The fourth-order valence-corrected chi connectivity index (χ4v) is 0.433. The van der Waals surface area contributed by atoms with Gasteiger partial charge in [-0.05, 0) is 17.9 Å². The fraction of sp³-hybridized carbons (Fsp3) is 1.00. The van der Waals surface area contributed by atoms with Crippen molar-refractivity contribution >= 4 is 11.8 Å². The van der Waals surface area contributed by atoms with E-state index < -0.39 is 0 Å². The summed E-state index contributed by atoms with van der Waals surface area (Å²) in [5.41, 5.74) is 0. The highest BCUT2D eigenvalue weighted by Gasteiger charge is 1.95. The standard InChI is InChI=1S/C3H6S.2C2H6/c1-2-4-3-1;2*1-2/h1-3H2;2*1-2H3. The zero-order valence-electron chi connectivity index (χ0n) is 6.53. The third-order valence-corrected chi connectivity index (χ3v) is 1.73. The van der Waals surface area contributed by atoms with Crippen molar-refractivity contribution in [3.8, 4) is 0 Å². The monoisotopic (exact) mass is 134 g/mol. The molecule has 8 heavy (non-hydrogen) atoms. The Kier molecular flexibility index (Phi) is 21.9. The summed E-state index contributed by atoms with van der Waals surface area (Å²) in [7, 11) is 0. The second kappa shape index (κ2) is 15.7. The van der Waals surface area contributed by atoms with Gasteiger partial charge < -0.3 is 0 Å². The van der Waals surface area contributed by atoms with E-state index in [1.807, 2.05) is 39.5 Å². The van der Waals surface area contributed by atoms with Gasteiger partial charge in [0.2, 0.25) is 0 Å². The summed E-state index contributed by atoms with van der Waals surface area (Å²) in [6.07, 6.45) is 1.46. The zero-order chi connectivity index (χ0) is 6.83. The summed E-state index contributed by atoms with van der Waals surface area (Å²) in [5.74, 6) is 2.83. The molecule has 1 fully saturated rings. The molecule has 0 unspecified atom stereocenters. The van der Waals surface area contributed by atoms with Gasteiger partial charge in [-0.2, -0.15) is 11.8 Å². The molecule has 0 N–H and O–H groups in total. The Bertz CT molecular complexity index is 12.3. The van der Waals surface area contributed by atoms with E-state index in [9.17, 15) is 0 Å². The van der Waals surface area contributed by atoms with E-state index in [2.05, 4.69) is 0 Å². The highest BCUT2D eigenvalue weighted by Crippen LogP contribution is 2.14. The van der Waals surface area contributed by atoms with Crippen LogP contribution in [0, 0.1) is 0 Å². The Morgan fingerprint density at radius 2 is 1.00 bits per heavy atom. The molecule has 0 saturated carbocycles. The van der Waals surface area contributed by atoms with Crippen LogP contribution in [0.25, 0.3) is 0 Å². The van der Waals surface area contributed by atoms with Gasteiger partial charge in [0.05, 0.1) is 0 Å². The highest BCUT2D eigenvalue weighted by atomic mass is 32.2. The maximum absolute atomic E-state index is 2.04. The minimum atomic E-state index is 1.42. The second-order valence-corrected chi connectivity index (χ2v) is 2.19. The Morgan fingerprint density at radius 3 is 1.00 bits per heavy atom. The normalized spacial score (nSPS) is 13.5. The number of hydrogen-bond donors (Lipinski definition) is 0. The number of thioether (sulfide) groups is 1. The lowest BCUT2D eigenvalue weighted by molar-refractivity contribution is 1.06.